The molecule has 0 fully saturated rings. The number of hydrogen-bond acceptors (Lipinski definition) is 3. The van der Waals surface area contributed by atoms with Crippen LogP contribution in [0.2, 0.25) is 5.02 Å². The van der Waals surface area contributed by atoms with E-state index in [-0.39, 0.29) is 23.1 Å². The van der Waals surface area contributed by atoms with E-state index in [2.05, 4.69) is 4.72 Å². The first-order valence-electron chi connectivity index (χ1n) is 6.25. The molecule has 2 aromatic rings. The molecule has 0 spiro atoms. The van der Waals surface area contributed by atoms with Gasteiger partial charge in [0.15, 0.2) is 10.6 Å². The highest BCUT2D eigenvalue weighted by atomic mass is 35.5. The highest BCUT2D eigenvalue weighted by molar-refractivity contribution is 7.92. The molecule has 0 saturated carbocycles. The van der Waals surface area contributed by atoms with E-state index < -0.39 is 26.6 Å². The van der Waals surface area contributed by atoms with Crippen LogP contribution >= 0.6 is 11.6 Å². The summed E-state index contributed by atoms with van der Waals surface area (Å²) < 4.78 is 59.1. The molecular weight excluding hydrogens is 336 g/mol. The van der Waals surface area contributed by atoms with Crippen LogP contribution in [0.15, 0.2) is 41.3 Å². The van der Waals surface area contributed by atoms with Crippen LogP contribution in [0.25, 0.3) is 0 Å². The first-order valence-corrected chi connectivity index (χ1v) is 8.11. The number of ether oxygens (including phenoxy) is 1. The molecular formula is C14H12ClF2NO3S. The first-order chi connectivity index (χ1) is 10.4. The Bertz CT molecular complexity index is 776. The van der Waals surface area contributed by atoms with Gasteiger partial charge in [0.25, 0.3) is 10.0 Å². The molecule has 0 atom stereocenters. The molecule has 4 nitrogen and oxygen atoms in total. The Kier molecular flexibility index (Phi) is 4.87. The second kappa shape index (κ2) is 6.50. The van der Waals surface area contributed by atoms with Crippen molar-refractivity contribution >= 4 is 27.3 Å². The topological polar surface area (TPSA) is 55.4 Å². The van der Waals surface area contributed by atoms with Crippen LogP contribution in [0, 0.1) is 11.6 Å². The number of sulfonamides is 1. The molecule has 0 bridgehead atoms. The molecule has 2 aromatic carbocycles. The minimum atomic E-state index is -4.47. The summed E-state index contributed by atoms with van der Waals surface area (Å²) in [7, 11) is -4.47. The van der Waals surface area contributed by atoms with Crippen molar-refractivity contribution in [1.82, 2.24) is 0 Å². The van der Waals surface area contributed by atoms with Crippen LogP contribution in [0.3, 0.4) is 0 Å². The molecule has 0 aliphatic carbocycles. The number of anilines is 1. The molecule has 2 rings (SSSR count). The van der Waals surface area contributed by atoms with Gasteiger partial charge in [0.2, 0.25) is 0 Å². The molecule has 0 aliphatic heterocycles. The molecule has 0 amide bonds. The fourth-order valence-corrected chi connectivity index (χ4v) is 3.25. The molecule has 0 aliphatic rings. The maximum absolute atomic E-state index is 13.7. The van der Waals surface area contributed by atoms with Gasteiger partial charge in [-0.3, -0.25) is 4.72 Å². The Morgan fingerprint density at radius 3 is 2.32 bits per heavy atom. The summed E-state index contributed by atoms with van der Waals surface area (Å²) in [6.45, 7) is 1.94. The standard InChI is InChI=1S/C14H12ClF2NO3S/c1-2-21-13-9(15)5-3-8-12(13)18-22(19,20)14-10(16)6-4-7-11(14)17/h3-8,18H,2H2,1H3. The van der Waals surface area contributed by atoms with Crippen molar-refractivity contribution in [2.45, 2.75) is 11.8 Å². The van der Waals surface area contributed by atoms with Crippen LogP contribution < -0.4 is 9.46 Å². The van der Waals surface area contributed by atoms with Crippen molar-refractivity contribution in [2.24, 2.45) is 0 Å². The third-order valence-electron chi connectivity index (χ3n) is 2.69. The van der Waals surface area contributed by atoms with E-state index >= 15 is 0 Å². The Hall–Kier alpha value is -1.86. The predicted molar refractivity (Wildman–Crippen MR) is 79.8 cm³/mol. The van der Waals surface area contributed by atoms with Crippen molar-refractivity contribution < 1.29 is 21.9 Å². The van der Waals surface area contributed by atoms with Crippen molar-refractivity contribution in [3.05, 3.63) is 53.1 Å². The second-order valence-electron chi connectivity index (χ2n) is 4.21. The zero-order valence-electron chi connectivity index (χ0n) is 11.4. The molecule has 118 valence electrons. The van der Waals surface area contributed by atoms with Crippen LogP contribution in [-0.2, 0) is 10.0 Å². The highest BCUT2D eigenvalue weighted by Crippen LogP contribution is 2.34. The smallest absolute Gasteiger partial charge is 0.267 e. The van der Waals surface area contributed by atoms with E-state index in [4.69, 9.17) is 16.3 Å². The molecule has 22 heavy (non-hydrogen) atoms. The SMILES string of the molecule is CCOc1c(Cl)cccc1NS(=O)(=O)c1c(F)cccc1F. The Morgan fingerprint density at radius 1 is 1.14 bits per heavy atom. The zero-order valence-corrected chi connectivity index (χ0v) is 13.0. The summed E-state index contributed by atoms with van der Waals surface area (Å²) in [6.07, 6.45) is 0. The van der Waals surface area contributed by atoms with Gasteiger partial charge in [-0.2, -0.15) is 0 Å². The van der Waals surface area contributed by atoms with Crippen molar-refractivity contribution in [3.63, 3.8) is 0 Å². The first kappa shape index (κ1) is 16.5. The average molecular weight is 348 g/mol. The second-order valence-corrected chi connectivity index (χ2v) is 6.23. The fraction of sp³-hybridized carbons (Fsp3) is 0.143. The van der Waals surface area contributed by atoms with E-state index in [1.54, 1.807) is 6.92 Å². The quantitative estimate of drug-likeness (QED) is 0.894. The molecule has 1 N–H and O–H groups in total. The lowest BCUT2D eigenvalue weighted by Crippen LogP contribution is -2.17. The number of para-hydroxylation sites is 1. The fourth-order valence-electron chi connectivity index (χ4n) is 1.82. The molecule has 0 unspecified atom stereocenters. The molecule has 0 radical (unpaired) electrons. The lowest BCUT2D eigenvalue weighted by Gasteiger charge is -2.14. The summed E-state index contributed by atoms with van der Waals surface area (Å²) in [5, 5.41) is 0.177. The van der Waals surface area contributed by atoms with E-state index in [9.17, 15) is 17.2 Å². The normalized spacial score (nSPS) is 11.3. The van der Waals surface area contributed by atoms with Gasteiger partial charge in [0, 0.05) is 0 Å². The van der Waals surface area contributed by atoms with Crippen LogP contribution in [0.4, 0.5) is 14.5 Å². The molecule has 8 heteroatoms. The van der Waals surface area contributed by atoms with Gasteiger partial charge >= 0.3 is 0 Å². The zero-order chi connectivity index (χ0) is 16.3. The number of nitrogens with one attached hydrogen (secondary N) is 1. The maximum Gasteiger partial charge on any atom is 0.267 e. The van der Waals surface area contributed by atoms with E-state index in [0.717, 1.165) is 18.2 Å². The van der Waals surface area contributed by atoms with Crippen LogP contribution in [-0.4, -0.2) is 15.0 Å². The van der Waals surface area contributed by atoms with Crippen molar-refractivity contribution in [3.8, 4) is 5.75 Å². The number of halogens is 3. The Morgan fingerprint density at radius 2 is 1.73 bits per heavy atom. The van der Waals surface area contributed by atoms with Gasteiger partial charge in [-0.25, -0.2) is 17.2 Å². The van der Waals surface area contributed by atoms with Crippen molar-refractivity contribution in [2.75, 3.05) is 11.3 Å². The van der Waals surface area contributed by atoms with Crippen LogP contribution in [0.1, 0.15) is 6.92 Å². The van der Waals surface area contributed by atoms with Gasteiger partial charge in [-0.1, -0.05) is 23.7 Å². The maximum atomic E-state index is 13.7. The van der Waals surface area contributed by atoms with Gasteiger partial charge in [-0.15, -0.1) is 0 Å². The third-order valence-corrected chi connectivity index (χ3v) is 4.40. The Labute approximate surface area is 131 Å². The molecule has 0 heterocycles. The van der Waals surface area contributed by atoms with Gasteiger partial charge in [0.1, 0.15) is 11.6 Å². The summed E-state index contributed by atoms with van der Waals surface area (Å²) >= 11 is 5.94. The third kappa shape index (κ3) is 3.31. The summed E-state index contributed by atoms with van der Waals surface area (Å²) in [6, 6.07) is 7.18. The minimum absolute atomic E-state index is 0.00277. The summed E-state index contributed by atoms with van der Waals surface area (Å²) in [4.78, 5) is -1.06. The van der Waals surface area contributed by atoms with Crippen molar-refractivity contribution in [1.29, 1.82) is 0 Å². The van der Waals surface area contributed by atoms with E-state index in [1.807, 2.05) is 0 Å². The lowest BCUT2D eigenvalue weighted by atomic mass is 10.3. The highest BCUT2D eigenvalue weighted by Gasteiger charge is 2.25. The largest absolute Gasteiger partial charge is 0.490 e. The lowest BCUT2D eigenvalue weighted by molar-refractivity contribution is 0.342. The predicted octanol–water partition coefficient (Wildman–Crippen LogP) is 3.82. The van der Waals surface area contributed by atoms with Gasteiger partial charge < -0.3 is 4.74 Å². The van der Waals surface area contributed by atoms with Gasteiger partial charge in [-0.05, 0) is 31.2 Å². The Balaban J connectivity index is 2.48. The number of rotatable bonds is 5. The summed E-state index contributed by atoms with van der Waals surface area (Å²) in [5.74, 6) is -2.29. The van der Waals surface area contributed by atoms with Crippen LogP contribution in [0.5, 0.6) is 5.75 Å². The molecule has 0 saturated heterocycles. The van der Waals surface area contributed by atoms with E-state index in [1.165, 1.54) is 18.2 Å². The summed E-state index contributed by atoms with van der Waals surface area (Å²) in [5.41, 5.74) is -0.00277. The van der Waals surface area contributed by atoms with E-state index in [0.29, 0.717) is 0 Å². The number of benzene rings is 2. The van der Waals surface area contributed by atoms with Gasteiger partial charge in [0.05, 0.1) is 17.3 Å². The minimum Gasteiger partial charge on any atom is -0.490 e. The molecule has 0 aromatic heterocycles. The number of hydrogen-bond donors (Lipinski definition) is 1. The monoisotopic (exact) mass is 347 g/mol. The average Bonchev–Trinajstić information content (AvgIpc) is 2.42.